The van der Waals surface area contributed by atoms with Crippen LogP contribution in [0.25, 0.3) is 5.69 Å². The van der Waals surface area contributed by atoms with Crippen LogP contribution in [0, 0.1) is 0 Å². The number of hydrogen-bond acceptors (Lipinski definition) is 4. The monoisotopic (exact) mass is 375 g/mol. The van der Waals surface area contributed by atoms with Crippen molar-refractivity contribution in [2.75, 3.05) is 12.1 Å². The number of ether oxygens (including phenoxy) is 2. The topological polar surface area (TPSA) is 65.4 Å². The second-order valence-electron chi connectivity index (χ2n) is 5.70. The summed E-state index contributed by atoms with van der Waals surface area (Å²) in [6, 6.07) is 11.6. The van der Waals surface area contributed by atoms with E-state index in [-0.39, 0.29) is 18.4 Å². The van der Waals surface area contributed by atoms with Gasteiger partial charge in [0.1, 0.15) is 5.69 Å². The van der Waals surface area contributed by atoms with Gasteiger partial charge in [0, 0.05) is 11.3 Å². The number of rotatable bonds is 3. The highest BCUT2D eigenvalue weighted by molar-refractivity contribution is 6.04. The van der Waals surface area contributed by atoms with Crippen LogP contribution in [0.1, 0.15) is 16.1 Å². The molecule has 0 spiro atoms. The first-order valence-electron chi connectivity index (χ1n) is 7.84. The van der Waals surface area contributed by atoms with Crippen molar-refractivity contribution in [1.29, 1.82) is 0 Å². The smallest absolute Gasteiger partial charge is 0.433 e. The van der Waals surface area contributed by atoms with E-state index in [0.717, 1.165) is 16.9 Å². The number of anilines is 1. The molecule has 1 aromatic heterocycles. The van der Waals surface area contributed by atoms with Crippen LogP contribution in [-0.4, -0.2) is 22.5 Å². The molecule has 0 fully saturated rings. The Morgan fingerprint density at radius 1 is 1.04 bits per heavy atom. The molecule has 0 saturated heterocycles. The molecular weight excluding hydrogens is 363 g/mol. The summed E-state index contributed by atoms with van der Waals surface area (Å²) in [5, 5.41) is 6.39. The lowest BCUT2D eigenvalue weighted by Gasteiger charge is -2.11. The van der Waals surface area contributed by atoms with Gasteiger partial charge in [-0.05, 0) is 48.5 Å². The minimum atomic E-state index is -4.51. The minimum Gasteiger partial charge on any atom is -0.454 e. The van der Waals surface area contributed by atoms with Gasteiger partial charge in [-0.25, -0.2) is 4.68 Å². The van der Waals surface area contributed by atoms with Gasteiger partial charge < -0.3 is 14.8 Å². The molecule has 2 aromatic carbocycles. The average molecular weight is 375 g/mol. The van der Waals surface area contributed by atoms with E-state index < -0.39 is 11.9 Å². The number of benzene rings is 2. The van der Waals surface area contributed by atoms with E-state index in [1.807, 2.05) is 0 Å². The SMILES string of the molecule is O=C(Nc1ccc(-n2nccc2C(F)(F)F)cc1)c1ccc2c(c1)OCO2. The molecule has 0 bridgehead atoms. The van der Waals surface area contributed by atoms with E-state index in [4.69, 9.17) is 9.47 Å². The fraction of sp³-hybridized carbons (Fsp3) is 0.111. The van der Waals surface area contributed by atoms with E-state index in [1.54, 1.807) is 18.2 Å². The zero-order valence-corrected chi connectivity index (χ0v) is 13.7. The lowest BCUT2D eigenvalue weighted by molar-refractivity contribution is -0.142. The number of alkyl halides is 3. The van der Waals surface area contributed by atoms with Gasteiger partial charge in [0.05, 0.1) is 11.9 Å². The average Bonchev–Trinajstić information content (AvgIpc) is 3.30. The van der Waals surface area contributed by atoms with Crippen LogP contribution in [-0.2, 0) is 6.18 Å². The lowest BCUT2D eigenvalue weighted by Crippen LogP contribution is -2.14. The third-order valence-corrected chi connectivity index (χ3v) is 3.94. The number of amides is 1. The van der Waals surface area contributed by atoms with Crippen molar-refractivity contribution < 1.29 is 27.4 Å². The summed E-state index contributed by atoms with van der Waals surface area (Å²) < 4.78 is 50.1. The first-order valence-corrected chi connectivity index (χ1v) is 7.84. The highest BCUT2D eigenvalue weighted by Crippen LogP contribution is 2.33. The largest absolute Gasteiger partial charge is 0.454 e. The lowest BCUT2D eigenvalue weighted by atomic mass is 10.2. The molecule has 1 aliphatic rings. The Morgan fingerprint density at radius 3 is 2.52 bits per heavy atom. The number of halogens is 3. The number of fused-ring (bicyclic) bond motifs is 1. The normalized spacial score (nSPS) is 12.9. The van der Waals surface area contributed by atoms with Crippen molar-refractivity contribution in [1.82, 2.24) is 9.78 Å². The van der Waals surface area contributed by atoms with Crippen LogP contribution in [0.3, 0.4) is 0 Å². The molecule has 6 nitrogen and oxygen atoms in total. The molecular formula is C18H12F3N3O3. The fourth-order valence-corrected chi connectivity index (χ4v) is 2.65. The van der Waals surface area contributed by atoms with Crippen LogP contribution in [0.4, 0.5) is 18.9 Å². The highest BCUT2D eigenvalue weighted by Gasteiger charge is 2.35. The number of carbonyl (C=O) groups excluding carboxylic acids is 1. The van der Waals surface area contributed by atoms with Gasteiger partial charge in [0.15, 0.2) is 11.5 Å². The summed E-state index contributed by atoms with van der Waals surface area (Å²) in [6.45, 7) is 0.106. The molecule has 0 atom stereocenters. The van der Waals surface area contributed by atoms with Crippen molar-refractivity contribution in [3.05, 3.63) is 66.0 Å². The molecule has 138 valence electrons. The maximum atomic E-state index is 13.0. The van der Waals surface area contributed by atoms with Crippen LogP contribution >= 0.6 is 0 Å². The van der Waals surface area contributed by atoms with Gasteiger partial charge in [-0.1, -0.05) is 0 Å². The molecule has 3 aromatic rings. The Labute approximate surface area is 151 Å². The molecule has 4 rings (SSSR count). The van der Waals surface area contributed by atoms with Crippen LogP contribution in [0.2, 0.25) is 0 Å². The summed E-state index contributed by atoms with van der Waals surface area (Å²) >= 11 is 0. The van der Waals surface area contributed by atoms with Crippen molar-refractivity contribution in [3.8, 4) is 17.2 Å². The minimum absolute atomic E-state index is 0.106. The second-order valence-corrected chi connectivity index (χ2v) is 5.70. The van der Waals surface area contributed by atoms with Crippen molar-refractivity contribution in [2.45, 2.75) is 6.18 Å². The number of nitrogens with zero attached hydrogens (tertiary/aromatic N) is 2. The molecule has 1 amide bonds. The molecule has 0 radical (unpaired) electrons. The van der Waals surface area contributed by atoms with Crippen molar-refractivity contribution in [2.24, 2.45) is 0 Å². The fourth-order valence-electron chi connectivity index (χ4n) is 2.65. The predicted octanol–water partition coefficient (Wildman–Crippen LogP) is 3.87. The summed E-state index contributed by atoms with van der Waals surface area (Å²) in [6.07, 6.45) is -3.43. The Morgan fingerprint density at radius 2 is 1.78 bits per heavy atom. The van der Waals surface area contributed by atoms with E-state index in [2.05, 4.69) is 10.4 Å². The van der Waals surface area contributed by atoms with Gasteiger partial charge in [-0.2, -0.15) is 18.3 Å². The summed E-state index contributed by atoms with van der Waals surface area (Å²) in [7, 11) is 0. The summed E-state index contributed by atoms with van der Waals surface area (Å²) in [5.74, 6) is 0.670. The third kappa shape index (κ3) is 3.31. The van der Waals surface area contributed by atoms with E-state index in [0.29, 0.717) is 22.7 Å². The molecule has 0 unspecified atom stereocenters. The number of nitrogens with one attached hydrogen (secondary N) is 1. The third-order valence-electron chi connectivity index (χ3n) is 3.94. The van der Waals surface area contributed by atoms with Gasteiger partial charge in [-0.3, -0.25) is 4.79 Å². The quantitative estimate of drug-likeness (QED) is 0.755. The summed E-state index contributed by atoms with van der Waals surface area (Å²) in [4.78, 5) is 12.3. The number of aromatic nitrogens is 2. The van der Waals surface area contributed by atoms with E-state index >= 15 is 0 Å². The second kappa shape index (κ2) is 6.35. The molecule has 27 heavy (non-hydrogen) atoms. The van der Waals surface area contributed by atoms with Crippen molar-refractivity contribution in [3.63, 3.8) is 0 Å². The molecule has 1 aliphatic heterocycles. The van der Waals surface area contributed by atoms with Crippen LogP contribution in [0.5, 0.6) is 11.5 Å². The molecule has 0 aliphatic carbocycles. The molecule has 0 saturated carbocycles. The van der Waals surface area contributed by atoms with Gasteiger partial charge in [-0.15, -0.1) is 0 Å². The van der Waals surface area contributed by atoms with Gasteiger partial charge >= 0.3 is 6.18 Å². The number of hydrogen-bond donors (Lipinski definition) is 1. The van der Waals surface area contributed by atoms with E-state index in [1.165, 1.54) is 24.3 Å². The standard InChI is InChI=1S/C18H12F3N3O3/c19-18(20,21)16-7-8-22-24(16)13-4-2-12(3-5-13)23-17(25)11-1-6-14-15(9-11)27-10-26-14/h1-9H,10H2,(H,23,25). The van der Waals surface area contributed by atoms with Crippen molar-refractivity contribution >= 4 is 11.6 Å². The Bertz CT molecular complexity index is 997. The van der Waals surface area contributed by atoms with Crippen LogP contribution in [0.15, 0.2) is 54.7 Å². The zero-order valence-electron chi connectivity index (χ0n) is 13.7. The summed E-state index contributed by atoms with van der Waals surface area (Å²) in [5.41, 5.74) is 0.157. The maximum absolute atomic E-state index is 13.0. The predicted molar refractivity (Wildman–Crippen MR) is 89.1 cm³/mol. The first kappa shape index (κ1) is 17.0. The number of carbonyl (C=O) groups is 1. The highest BCUT2D eigenvalue weighted by atomic mass is 19.4. The zero-order chi connectivity index (χ0) is 19.0. The van der Waals surface area contributed by atoms with E-state index in [9.17, 15) is 18.0 Å². The Balaban J connectivity index is 1.52. The molecule has 9 heteroatoms. The Hall–Kier alpha value is -3.49. The van der Waals surface area contributed by atoms with Gasteiger partial charge in [0.2, 0.25) is 6.79 Å². The maximum Gasteiger partial charge on any atom is 0.433 e. The Kier molecular flexibility index (Phi) is 3.98. The van der Waals surface area contributed by atoms with Gasteiger partial charge in [0.25, 0.3) is 5.91 Å². The molecule has 1 N–H and O–H groups in total. The molecule has 2 heterocycles. The first-order chi connectivity index (χ1) is 12.9. The van der Waals surface area contributed by atoms with Crippen LogP contribution < -0.4 is 14.8 Å².